The Morgan fingerprint density at radius 2 is 2.40 bits per heavy atom. The molecule has 2 aromatic rings. The van der Waals surface area contributed by atoms with Crippen LogP contribution >= 0.6 is 11.3 Å². The molecule has 1 amide bonds. The van der Waals surface area contributed by atoms with E-state index in [-0.39, 0.29) is 17.3 Å². The average molecular weight is 362 g/mol. The number of carbonyl (C=O) groups is 1. The quantitative estimate of drug-likeness (QED) is 0.874. The number of amides is 1. The summed E-state index contributed by atoms with van der Waals surface area (Å²) < 4.78 is 11.0. The van der Waals surface area contributed by atoms with E-state index in [9.17, 15) is 4.79 Å². The van der Waals surface area contributed by atoms with Crippen molar-refractivity contribution in [1.82, 2.24) is 20.4 Å². The van der Waals surface area contributed by atoms with Crippen molar-refractivity contribution < 1.29 is 14.1 Å². The van der Waals surface area contributed by atoms with Gasteiger partial charge < -0.3 is 14.6 Å². The van der Waals surface area contributed by atoms with Crippen molar-refractivity contribution >= 4 is 17.2 Å². The third-order valence-corrected chi connectivity index (χ3v) is 6.00. The topological polar surface area (TPSA) is 80.5 Å². The summed E-state index contributed by atoms with van der Waals surface area (Å²) >= 11 is 1.72. The van der Waals surface area contributed by atoms with Crippen LogP contribution in [0.4, 0.5) is 0 Å². The number of aromatic nitrogens is 2. The molecule has 2 saturated heterocycles. The van der Waals surface area contributed by atoms with E-state index in [4.69, 9.17) is 9.26 Å². The molecule has 4 heterocycles. The van der Waals surface area contributed by atoms with Gasteiger partial charge in [0.25, 0.3) is 5.91 Å². The van der Waals surface area contributed by atoms with Gasteiger partial charge in [0.2, 0.25) is 5.76 Å². The molecule has 25 heavy (non-hydrogen) atoms. The molecule has 1 unspecified atom stereocenters. The van der Waals surface area contributed by atoms with Gasteiger partial charge in [-0.05, 0) is 25.7 Å². The van der Waals surface area contributed by atoms with Crippen LogP contribution in [-0.2, 0) is 11.3 Å². The van der Waals surface area contributed by atoms with Gasteiger partial charge >= 0.3 is 0 Å². The number of hydrogen-bond acceptors (Lipinski definition) is 7. The number of likely N-dealkylation sites (tertiary alicyclic amines) is 1. The minimum absolute atomic E-state index is 0.0179. The van der Waals surface area contributed by atoms with Crippen molar-refractivity contribution in [3.05, 3.63) is 34.1 Å². The van der Waals surface area contributed by atoms with E-state index in [2.05, 4.69) is 27.3 Å². The number of nitrogens with one attached hydrogen (secondary N) is 1. The van der Waals surface area contributed by atoms with Crippen LogP contribution in [0.2, 0.25) is 0 Å². The lowest BCUT2D eigenvalue weighted by molar-refractivity contribution is -0.181. The van der Waals surface area contributed by atoms with Crippen molar-refractivity contribution in [3.63, 3.8) is 0 Å². The first-order valence-corrected chi connectivity index (χ1v) is 9.46. The molecule has 0 bridgehead atoms. The Hall–Kier alpha value is -1.77. The number of nitrogens with zero attached hydrogens (tertiary/aromatic N) is 3. The molecule has 2 aromatic heterocycles. The molecular formula is C17H22N4O3S. The number of carbonyl (C=O) groups excluding carboxylic acids is 1. The normalized spacial score (nSPS) is 22.7. The number of thiazole rings is 1. The summed E-state index contributed by atoms with van der Waals surface area (Å²) in [6, 6.07) is 1.56. The molecule has 7 nitrogen and oxygen atoms in total. The first-order chi connectivity index (χ1) is 12.1. The Kier molecular flexibility index (Phi) is 4.58. The molecule has 2 aliphatic heterocycles. The fourth-order valence-corrected chi connectivity index (χ4v) is 4.36. The van der Waals surface area contributed by atoms with E-state index in [1.165, 1.54) is 11.1 Å². The predicted octanol–water partition coefficient (Wildman–Crippen LogP) is 1.85. The molecule has 134 valence electrons. The third kappa shape index (κ3) is 3.61. The van der Waals surface area contributed by atoms with Crippen LogP contribution in [-0.4, -0.2) is 52.8 Å². The molecular weight excluding hydrogens is 340 g/mol. The zero-order valence-electron chi connectivity index (χ0n) is 14.2. The van der Waals surface area contributed by atoms with E-state index in [1.54, 1.807) is 17.4 Å². The van der Waals surface area contributed by atoms with Crippen molar-refractivity contribution in [2.24, 2.45) is 5.92 Å². The Morgan fingerprint density at radius 3 is 3.04 bits per heavy atom. The molecule has 1 atom stereocenters. The molecule has 1 N–H and O–H groups in total. The molecule has 0 saturated carbocycles. The van der Waals surface area contributed by atoms with Crippen LogP contribution in [0.15, 0.2) is 22.3 Å². The van der Waals surface area contributed by atoms with Gasteiger partial charge in [0, 0.05) is 37.1 Å². The lowest BCUT2D eigenvalue weighted by Gasteiger charge is -2.52. The maximum absolute atomic E-state index is 11.9. The summed E-state index contributed by atoms with van der Waals surface area (Å²) in [5, 5.41) is 6.44. The predicted molar refractivity (Wildman–Crippen MR) is 92.4 cm³/mol. The zero-order chi connectivity index (χ0) is 17.3. The lowest BCUT2D eigenvalue weighted by Crippen LogP contribution is -2.64. The average Bonchev–Trinajstić information content (AvgIpc) is 3.25. The highest BCUT2D eigenvalue weighted by Crippen LogP contribution is 2.37. The summed E-state index contributed by atoms with van der Waals surface area (Å²) in [4.78, 5) is 19.9. The SMILES string of the molecule is Cc1ncsc1CN1CC2(CCC(CNC(=O)c3ccno3)CO2)C1. The molecule has 2 aliphatic rings. The molecule has 0 aromatic carbocycles. The van der Waals surface area contributed by atoms with Crippen LogP contribution in [0.1, 0.15) is 34.0 Å². The van der Waals surface area contributed by atoms with Crippen molar-refractivity contribution in [1.29, 1.82) is 0 Å². The van der Waals surface area contributed by atoms with Gasteiger partial charge in [0.1, 0.15) is 0 Å². The van der Waals surface area contributed by atoms with E-state index >= 15 is 0 Å². The minimum atomic E-state index is -0.215. The van der Waals surface area contributed by atoms with Crippen LogP contribution in [0.3, 0.4) is 0 Å². The van der Waals surface area contributed by atoms with Crippen LogP contribution in [0.25, 0.3) is 0 Å². The fourth-order valence-electron chi connectivity index (χ4n) is 3.55. The smallest absolute Gasteiger partial charge is 0.289 e. The fraction of sp³-hybridized carbons (Fsp3) is 0.588. The first kappa shape index (κ1) is 16.7. The molecule has 0 radical (unpaired) electrons. The van der Waals surface area contributed by atoms with Gasteiger partial charge in [-0.1, -0.05) is 5.16 Å². The number of rotatable bonds is 5. The molecule has 8 heteroatoms. The van der Waals surface area contributed by atoms with Gasteiger partial charge in [0.15, 0.2) is 0 Å². The highest BCUT2D eigenvalue weighted by atomic mass is 32.1. The zero-order valence-corrected chi connectivity index (χ0v) is 15.1. The van der Waals surface area contributed by atoms with E-state index in [1.807, 2.05) is 5.51 Å². The summed E-state index contributed by atoms with van der Waals surface area (Å²) in [5.41, 5.74) is 3.07. The van der Waals surface area contributed by atoms with Crippen LogP contribution in [0, 0.1) is 12.8 Å². The molecule has 1 spiro atoms. The second kappa shape index (κ2) is 6.86. The summed E-state index contributed by atoms with van der Waals surface area (Å²) in [6.07, 6.45) is 3.59. The Labute approximate surface area is 150 Å². The number of aryl methyl sites for hydroxylation is 1. The Bertz CT molecular complexity index is 714. The van der Waals surface area contributed by atoms with Crippen molar-refractivity contribution in [2.75, 3.05) is 26.2 Å². The standard InChI is InChI=1S/C17H22N4O3S/c1-12-15(25-11-19-12)7-21-9-17(10-21)4-2-13(8-23-17)6-18-16(22)14-3-5-20-24-14/h3,5,11,13H,2,4,6-10H2,1H3,(H,18,22). The van der Waals surface area contributed by atoms with E-state index < -0.39 is 0 Å². The van der Waals surface area contributed by atoms with Crippen molar-refractivity contribution in [2.45, 2.75) is 31.9 Å². The van der Waals surface area contributed by atoms with Gasteiger partial charge in [-0.3, -0.25) is 9.69 Å². The van der Waals surface area contributed by atoms with Gasteiger partial charge in [0.05, 0.1) is 29.6 Å². The Morgan fingerprint density at radius 1 is 1.52 bits per heavy atom. The minimum Gasteiger partial charge on any atom is -0.372 e. The molecule has 2 fully saturated rings. The van der Waals surface area contributed by atoms with E-state index in [0.717, 1.165) is 38.2 Å². The van der Waals surface area contributed by atoms with Gasteiger partial charge in [-0.25, -0.2) is 4.98 Å². The summed E-state index contributed by atoms with van der Waals surface area (Å²) in [5.74, 6) is 0.393. The highest BCUT2D eigenvalue weighted by molar-refractivity contribution is 7.09. The van der Waals surface area contributed by atoms with Crippen molar-refractivity contribution in [3.8, 4) is 0 Å². The number of ether oxygens (including phenoxy) is 1. The van der Waals surface area contributed by atoms with Gasteiger partial charge in [-0.2, -0.15) is 0 Å². The van der Waals surface area contributed by atoms with Crippen LogP contribution in [0.5, 0.6) is 0 Å². The van der Waals surface area contributed by atoms with Crippen LogP contribution < -0.4 is 5.32 Å². The second-order valence-electron chi connectivity index (χ2n) is 6.99. The monoisotopic (exact) mass is 362 g/mol. The van der Waals surface area contributed by atoms with Gasteiger partial charge in [-0.15, -0.1) is 11.3 Å². The number of hydrogen-bond donors (Lipinski definition) is 1. The van der Waals surface area contributed by atoms with E-state index in [0.29, 0.717) is 19.1 Å². The third-order valence-electron chi connectivity index (χ3n) is 5.08. The maximum atomic E-state index is 11.9. The first-order valence-electron chi connectivity index (χ1n) is 8.58. The maximum Gasteiger partial charge on any atom is 0.289 e. The largest absolute Gasteiger partial charge is 0.372 e. The lowest BCUT2D eigenvalue weighted by atomic mass is 9.83. The summed E-state index contributed by atoms with van der Waals surface area (Å²) in [7, 11) is 0. The summed E-state index contributed by atoms with van der Waals surface area (Å²) in [6.45, 7) is 6.32. The Balaban J connectivity index is 1.19. The highest BCUT2D eigenvalue weighted by Gasteiger charge is 2.46. The molecule has 0 aliphatic carbocycles. The molecule has 4 rings (SSSR count). The second-order valence-corrected chi connectivity index (χ2v) is 7.93.